The summed E-state index contributed by atoms with van der Waals surface area (Å²) in [6.07, 6.45) is 2.14. The van der Waals surface area contributed by atoms with Crippen LogP contribution in [0.2, 0.25) is 0 Å². The maximum absolute atomic E-state index is 12.6. The Bertz CT molecular complexity index is 452. The molecule has 0 saturated carbocycles. The third kappa shape index (κ3) is 4.80. The zero-order valence-electron chi connectivity index (χ0n) is 13.2. The number of rotatable bonds is 8. The number of amides is 1. The van der Waals surface area contributed by atoms with E-state index in [1.54, 1.807) is 7.11 Å². The molecule has 1 saturated heterocycles. The van der Waals surface area contributed by atoms with Gasteiger partial charge in [0.1, 0.15) is 6.10 Å². The number of nitrogens with two attached hydrogens (primary N) is 1. The highest BCUT2D eigenvalue weighted by Gasteiger charge is 2.32. The van der Waals surface area contributed by atoms with Gasteiger partial charge in [-0.3, -0.25) is 4.79 Å². The van der Waals surface area contributed by atoms with Crippen LogP contribution < -0.4 is 5.73 Å². The Morgan fingerprint density at radius 2 is 2.09 bits per heavy atom. The highest BCUT2D eigenvalue weighted by atomic mass is 16.5. The normalized spacial score (nSPS) is 21.0. The van der Waals surface area contributed by atoms with Crippen molar-refractivity contribution in [3.63, 3.8) is 0 Å². The van der Waals surface area contributed by atoms with E-state index >= 15 is 0 Å². The van der Waals surface area contributed by atoms with Crippen LogP contribution in [0.5, 0.6) is 0 Å². The van der Waals surface area contributed by atoms with Crippen molar-refractivity contribution < 1.29 is 14.3 Å². The minimum absolute atomic E-state index is 0.0207. The average molecular weight is 306 g/mol. The molecule has 2 rings (SSSR count). The third-order valence-electron chi connectivity index (χ3n) is 4.04. The number of hydrogen-bond acceptors (Lipinski definition) is 4. The van der Waals surface area contributed by atoms with E-state index in [1.807, 2.05) is 23.1 Å². The van der Waals surface area contributed by atoms with Crippen molar-refractivity contribution in [2.75, 3.05) is 33.4 Å². The Morgan fingerprint density at radius 3 is 2.73 bits per heavy atom. The molecule has 1 aliphatic heterocycles. The summed E-state index contributed by atoms with van der Waals surface area (Å²) in [5.41, 5.74) is 6.84. The van der Waals surface area contributed by atoms with Gasteiger partial charge in [0.05, 0.1) is 12.7 Å². The van der Waals surface area contributed by atoms with Crippen LogP contribution in [-0.2, 0) is 20.7 Å². The summed E-state index contributed by atoms with van der Waals surface area (Å²) in [4.78, 5) is 14.5. The van der Waals surface area contributed by atoms with E-state index in [0.29, 0.717) is 26.2 Å². The van der Waals surface area contributed by atoms with Crippen LogP contribution in [0.3, 0.4) is 0 Å². The van der Waals surface area contributed by atoms with Gasteiger partial charge in [-0.25, -0.2) is 0 Å². The van der Waals surface area contributed by atoms with Gasteiger partial charge in [-0.05, 0) is 24.8 Å². The highest BCUT2D eigenvalue weighted by Crippen LogP contribution is 2.21. The first-order valence-corrected chi connectivity index (χ1v) is 7.91. The first-order chi connectivity index (χ1) is 10.7. The lowest BCUT2D eigenvalue weighted by Gasteiger charge is -2.25. The number of hydrogen-bond donors (Lipinski definition) is 1. The van der Waals surface area contributed by atoms with Gasteiger partial charge in [-0.2, -0.15) is 0 Å². The van der Waals surface area contributed by atoms with Crippen LogP contribution >= 0.6 is 0 Å². The van der Waals surface area contributed by atoms with Gasteiger partial charge < -0.3 is 20.1 Å². The molecule has 5 nitrogen and oxygen atoms in total. The lowest BCUT2D eigenvalue weighted by atomic mass is 10.1. The van der Waals surface area contributed by atoms with Gasteiger partial charge in [-0.15, -0.1) is 0 Å². The summed E-state index contributed by atoms with van der Waals surface area (Å²) < 4.78 is 10.9. The van der Waals surface area contributed by atoms with E-state index in [4.69, 9.17) is 15.2 Å². The fraction of sp³-hybridized carbons (Fsp3) is 0.588. The SMILES string of the molecule is COCCN(CCc1ccccc1)C(=O)[C@@H]1CC[C@H](CN)O1. The smallest absolute Gasteiger partial charge is 0.251 e. The second kappa shape index (κ2) is 8.88. The van der Waals surface area contributed by atoms with Gasteiger partial charge in [0.15, 0.2) is 0 Å². The Balaban J connectivity index is 1.91. The van der Waals surface area contributed by atoms with Crippen LogP contribution in [0.25, 0.3) is 0 Å². The molecule has 0 radical (unpaired) electrons. The summed E-state index contributed by atoms with van der Waals surface area (Å²) in [6, 6.07) is 10.2. The van der Waals surface area contributed by atoms with Crippen molar-refractivity contribution >= 4 is 5.91 Å². The first-order valence-electron chi connectivity index (χ1n) is 7.91. The van der Waals surface area contributed by atoms with E-state index in [0.717, 1.165) is 19.3 Å². The fourth-order valence-electron chi connectivity index (χ4n) is 2.71. The Kier molecular flexibility index (Phi) is 6.83. The molecule has 122 valence electrons. The molecule has 1 aromatic rings. The number of carbonyl (C=O) groups excluding carboxylic acids is 1. The maximum atomic E-state index is 12.6. The van der Waals surface area contributed by atoms with Gasteiger partial charge in [0.2, 0.25) is 0 Å². The van der Waals surface area contributed by atoms with Gasteiger partial charge in [0.25, 0.3) is 5.91 Å². The van der Waals surface area contributed by atoms with Crippen LogP contribution in [0.4, 0.5) is 0 Å². The Hall–Kier alpha value is -1.43. The molecule has 22 heavy (non-hydrogen) atoms. The zero-order chi connectivity index (χ0) is 15.8. The summed E-state index contributed by atoms with van der Waals surface area (Å²) in [6.45, 7) is 2.29. The summed E-state index contributed by atoms with van der Waals surface area (Å²) in [5.74, 6) is 0.0592. The van der Waals surface area contributed by atoms with Gasteiger partial charge >= 0.3 is 0 Å². The third-order valence-corrected chi connectivity index (χ3v) is 4.04. The number of methoxy groups -OCH3 is 1. The van der Waals surface area contributed by atoms with Gasteiger partial charge in [0, 0.05) is 26.7 Å². The monoisotopic (exact) mass is 306 g/mol. The van der Waals surface area contributed by atoms with Crippen LogP contribution in [0.15, 0.2) is 30.3 Å². The number of carbonyl (C=O) groups is 1. The molecule has 0 aliphatic carbocycles. The summed E-state index contributed by atoms with van der Waals surface area (Å²) in [5, 5.41) is 0. The lowest BCUT2D eigenvalue weighted by molar-refractivity contribution is -0.143. The van der Waals surface area contributed by atoms with E-state index < -0.39 is 0 Å². The van der Waals surface area contributed by atoms with Crippen molar-refractivity contribution in [2.24, 2.45) is 5.73 Å². The number of nitrogens with zero attached hydrogens (tertiary/aromatic N) is 1. The molecule has 5 heteroatoms. The van der Waals surface area contributed by atoms with Crippen LogP contribution in [0.1, 0.15) is 18.4 Å². The van der Waals surface area contributed by atoms with Crippen molar-refractivity contribution in [2.45, 2.75) is 31.5 Å². The molecular weight excluding hydrogens is 280 g/mol. The minimum Gasteiger partial charge on any atom is -0.383 e. The molecule has 1 amide bonds. The average Bonchev–Trinajstić information content (AvgIpc) is 3.04. The number of ether oxygens (including phenoxy) is 2. The molecule has 0 unspecified atom stereocenters. The van der Waals surface area contributed by atoms with E-state index in [-0.39, 0.29) is 18.1 Å². The molecule has 2 atom stereocenters. The van der Waals surface area contributed by atoms with Crippen LogP contribution in [-0.4, -0.2) is 56.4 Å². The van der Waals surface area contributed by atoms with E-state index in [1.165, 1.54) is 5.56 Å². The summed E-state index contributed by atoms with van der Waals surface area (Å²) >= 11 is 0. The molecule has 1 aliphatic rings. The largest absolute Gasteiger partial charge is 0.383 e. The first kappa shape index (κ1) is 16.9. The second-order valence-electron chi connectivity index (χ2n) is 5.61. The van der Waals surface area contributed by atoms with Gasteiger partial charge in [-0.1, -0.05) is 30.3 Å². The van der Waals surface area contributed by atoms with Crippen molar-refractivity contribution in [1.82, 2.24) is 4.90 Å². The molecule has 2 N–H and O–H groups in total. The molecule has 1 aromatic carbocycles. The van der Waals surface area contributed by atoms with Crippen molar-refractivity contribution in [3.8, 4) is 0 Å². The quantitative estimate of drug-likeness (QED) is 0.784. The van der Waals surface area contributed by atoms with Crippen molar-refractivity contribution in [1.29, 1.82) is 0 Å². The number of benzene rings is 1. The molecule has 0 aromatic heterocycles. The predicted octanol–water partition coefficient (Wildman–Crippen LogP) is 1.21. The Morgan fingerprint density at radius 1 is 1.32 bits per heavy atom. The highest BCUT2D eigenvalue weighted by molar-refractivity contribution is 5.81. The fourth-order valence-corrected chi connectivity index (χ4v) is 2.71. The molecule has 1 fully saturated rings. The maximum Gasteiger partial charge on any atom is 0.251 e. The molecule has 0 spiro atoms. The predicted molar refractivity (Wildman–Crippen MR) is 85.6 cm³/mol. The summed E-state index contributed by atoms with van der Waals surface area (Å²) in [7, 11) is 1.65. The van der Waals surface area contributed by atoms with Crippen molar-refractivity contribution in [3.05, 3.63) is 35.9 Å². The van der Waals surface area contributed by atoms with E-state index in [9.17, 15) is 4.79 Å². The van der Waals surface area contributed by atoms with E-state index in [2.05, 4.69) is 12.1 Å². The molecular formula is C17H26N2O3. The zero-order valence-corrected chi connectivity index (χ0v) is 13.2. The standard InChI is InChI=1S/C17H26N2O3/c1-21-12-11-19(10-9-14-5-3-2-4-6-14)17(20)16-8-7-15(13-18)22-16/h2-6,15-16H,7-13,18H2,1H3/t15-,16+/m1/s1. The lowest BCUT2D eigenvalue weighted by Crippen LogP contribution is -2.42. The minimum atomic E-state index is -0.346. The molecule has 0 bridgehead atoms. The van der Waals surface area contributed by atoms with Crippen LogP contribution in [0, 0.1) is 0 Å². The molecule has 1 heterocycles. The Labute approximate surface area is 132 Å². The topological polar surface area (TPSA) is 64.8 Å². The second-order valence-corrected chi connectivity index (χ2v) is 5.61.